The van der Waals surface area contributed by atoms with Gasteiger partial charge in [0.2, 0.25) is 0 Å². The van der Waals surface area contributed by atoms with Gasteiger partial charge in [-0.3, -0.25) is 0 Å². The van der Waals surface area contributed by atoms with E-state index < -0.39 is 0 Å². The lowest BCUT2D eigenvalue weighted by Gasteiger charge is -2.11. The lowest BCUT2D eigenvalue weighted by Crippen LogP contribution is -2.16. The van der Waals surface area contributed by atoms with E-state index in [4.69, 9.17) is 33.3 Å². The standard InChI is InChI=1S/C12H10N2O4S2/c15-13-11(19)9-7(3-5-17-9)1-2-8-4-6-18-10(8)12(20)14-16/h3-6H,1-2H2,(H2-2,13,14,15,16,19,20)/q-2. The Morgan fingerprint density at radius 2 is 1.30 bits per heavy atom. The van der Waals surface area contributed by atoms with Crippen LogP contribution in [-0.4, -0.2) is 9.98 Å². The molecule has 20 heavy (non-hydrogen) atoms. The Hall–Kier alpha value is -1.74. The van der Waals surface area contributed by atoms with Crippen LogP contribution >= 0.6 is 24.4 Å². The van der Waals surface area contributed by atoms with E-state index in [9.17, 15) is 10.4 Å². The smallest absolute Gasteiger partial charge is 0.163 e. The fraction of sp³-hybridized carbons (Fsp3) is 0.167. The number of furan rings is 2. The normalized spacial score (nSPS) is 10.3. The highest BCUT2D eigenvalue weighted by atomic mass is 32.1. The quantitative estimate of drug-likeness (QED) is 0.641. The Morgan fingerprint density at radius 1 is 0.900 bits per heavy atom. The molecule has 6 nitrogen and oxygen atoms in total. The third-order valence-electron chi connectivity index (χ3n) is 2.76. The summed E-state index contributed by atoms with van der Waals surface area (Å²) in [5, 5.41) is 21.1. The van der Waals surface area contributed by atoms with Gasteiger partial charge in [-0.05, 0) is 25.0 Å². The Morgan fingerprint density at radius 3 is 1.65 bits per heavy atom. The van der Waals surface area contributed by atoms with E-state index in [1.807, 2.05) is 0 Å². The van der Waals surface area contributed by atoms with Crippen molar-refractivity contribution in [1.82, 2.24) is 11.0 Å². The number of rotatable bonds is 5. The molecule has 0 saturated heterocycles. The molecule has 0 aliphatic heterocycles. The van der Waals surface area contributed by atoms with Crippen LogP contribution in [0.15, 0.2) is 33.5 Å². The third-order valence-corrected chi connectivity index (χ3v) is 3.29. The maximum absolute atomic E-state index is 10.6. The SMILES string of the molecule is [O-]NC(=S)c1occc1CCc1ccoc1C(=S)N[O-]. The minimum absolute atomic E-state index is 0.00848. The second-order valence-electron chi connectivity index (χ2n) is 3.91. The summed E-state index contributed by atoms with van der Waals surface area (Å²) in [4.78, 5) is 0.0170. The molecule has 0 unspecified atom stereocenters. The monoisotopic (exact) mass is 310 g/mol. The lowest BCUT2D eigenvalue weighted by molar-refractivity contribution is 0.550. The average Bonchev–Trinajstić information content (AvgIpc) is 3.11. The molecule has 0 amide bonds. The summed E-state index contributed by atoms with van der Waals surface area (Å²) < 4.78 is 10.3. The number of thiocarbonyl (C=S) groups is 2. The van der Waals surface area contributed by atoms with Crippen molar-refractivity contribution in [1.29, 1.82) is 0 Å². The van der Waals surface area contributed by atoms with Gasteiger partial charge >= 0.3 is 0 Å². The average molecular weight is 310 g/mol. The molecule has 0 saturated carbocycles. The summed E-state index contributed by atoms with van der Waals surface area (Å²) in [6.07, 6.45) is 4.08. The Labute approximate surface area is 125 Å². The topological polar surface area (TPSA) is 96.5 Å². The zero-order chi connectivity index (χ0) is 14.5. The fourth-order valence-corrected chi connectivity index (χ4v) is 2.18. The van der Waals surface area contributed by atoms with E-state index in [2.05, 4.69) is 0 Å². The maximum Gasteiger partial charge on any atom is 0.163 e. The van der Waals surface area contributed by atoms with Crippen molar-refractivity contribution in [2.45, 2.75) is 12.8 Å². The molecule has 2 heterocycles. The molecule has 0 atom stereocenters. The van der Waals surface area contributed by atoms with Gasteiger partial charge in [-0.25, -0.2) is 0 Å². The molecule has 2 rings (SSSR count). The number of aryl methyl sites for hydroxylation is 2. The molecule has 0 bridgehead atoms. The van der Waals surface area contributed by atoms with Crippen LogP contribution in [0.4, 0.5) is 0 Å². The van der Waals surface area contributed by atoms with Crippen LogP contribution in [0.1, 0.15) is 22.6 Å². The number of hydrogen-bond acceptors (Lipinski definition) is 6. The maximum atomic E-state index is 10.6. The molecule has 8 heteroatoms. The first-order valence-electron chi connectivity index (χ1n) is 5.65. The zero-order valence-electron chi connectivity index (χ0n) is 10.2. The van der Waals surface area contributed by atoms with E-state index in [0.29, 0.717) is 24.4 Å². The summed E-state index contributed by atoms with van der Waals surface area (Å²) in [5.74, 6) is 0.703. The zero-order valence-corrected chi connectivity index (χ0v) is 11.8. The molecular formula is C12H10N2O4S2-2. The van der Waals surface area contributed by atoms with Crippen molar-refractivity contribution >= 4 is 34.4 Å². The second kappa shape index (κ2) is 6.62. The van der Waals surface area contributed by atoms with E-state index in [-0.39, 0.29) is 9.98 Å². The highest BCUT2D eigenvalue weighted by Crippen LogP contribution is 2.18. The molecular weight excluding hydrogens is 300 g/mol. The van der Waals surface area contributed by atoms with Crippen LogP contribution in [0.5, 0.6) is 0 Å². The van der Waals surface area contributed by atoms with Crippen LogP contribution in [-0.2, 0) is 12.8 Å². The third kappa shape index (κ3) is 3.05. The van der Waals surface area contributed by atoms with Gasteiger partial charge < -0.3 is 30.2 Å². The summed E-state index contributed by atoms with van der Waals surface area (Å²) in [7, 11) is 0. The van der Waals surface area contributed by atoms with Crippen LogP contribution in [0.25, 0.3) is 0 Å². The van der Waals surface area contributed by atoms with Gasteiger partial charge in [0.05, 0.1) is 12.5 Å². The second-order valence-corrected chi connectivity index (χ2v) is 4.73. The van der Waals surface area contributed by atoms with Crippen molar-refractivity contribution in [2.24, 2.45) is 0 Å². The van der Waals surface area contributed by atoms with Crippen LogP contribution in [0.3, 0.4) is 0 Å². The summed E-state index contributed by atoms with van der Waals surface area (Å²) in [5.41, 5.74) is 4.87. The van der Waals surface area contributed by atoms with Crippen LogP contribution < -0.4 is 11.0 Å². The summed E-state index contributed by atoms with van der Waals surface area (Å²) in [6.45, 7) is 0. The summed E-state index contributed by atoms with van der Waals surface area (Å²) in [6, 6.07) is 3.48. The number of hydroxylamine groups is 2. The van der Waals surface area contributed by atoms with Crippen molar-refractivity contribution in [3.05, 3.63) is 57.7 Å². The molecule has 0 fully saturated rings. The largest absolute Gasteiger partial charge is 0.760 e. The Kier molecular flexibility index (Phi) is 4.85. The molecule has 106 valence electrons. The van der Waals surface area contributed by atoms with Gasteiger partial charge in [0.25, 0.3) is 0 Å². The van der Waals surface area contributed by atoms with Gasteiger partial charge in [0.1, 0.15) is 9.98 Å². The Balaban J connectivity index is 2.10. The van der Waals surface area contributed by atoms with Gasteiger partial charge in [0, 0.05) is 11.1 Å². The highest BCUT2D eigenvalue weighted by molar-refractivity contribution is 7.81. The predicted molar refractivity (Wildman–Crippen MR) is 81.2 cm³/mol. The first-order valence-corrected chi connectivity index (χ1v) is 6.46. The highest BCUT2D eigenvalue weighted by Gasteiger charge is 2.13. The van der Waals surface area contributed by atoms with Gasteiger partial charge in [0.15, 0.2) is 11.5 Å². The van der Waals surface area contributed by atoms with E-state index in [0.717, 1.165) is 11.1 Å². The van der Waals surface area contributed by atoms with Crippen LogP contribution in [0.2, 0.25) is 0 Å². The van der Waals surface area contributed by atoms with E-state index in [1.165, 1.54) is 12.5 Å². The summed E-state index contributed by atoms with van der Waals surface area (Å²) >= 11 is 9.71. The van der Waals surface area contributed by atoms with Gasteiger partial charge in [-0.1, -0.05) is 24.4 Å². The molecule has 0 aromatic carbocycles. The minimum atomic E-state index is 0.00848. The predicted octanol–water partition coefficient (Wildman–Crippen LogP) is 2.18. The molecule has 2 N–H and O–H groups in total. The Bertz CT molecular complexity index is 566. The minimum Gasteiger partial charge on any atom is -0.760 e. The molecule has 0 aliphatic rings. The van der Waals surface area contributed by atoms with E-state index in [1.54, 1.807) is 23.1 Å². The van der Waals surface area contributed by atoms with Crippen molar-refractivity contribution < 1.29 is 8.83 Å². The van der Waals surface area contributed by atoms with Crippen molar-refractivity contribution in [2.75, 3.05) is 0 Å². The fourth-order valence-electron chi connectivity index (χ4n) is 1.83. The van der Waals surface area contributed by atoms with Gasteiger partial charge in [-0.15, -0.1) is 0 Å². The first kappa shape index (κ1) is 14.7. The van der Waals surface area contributed by atoms with Crippen molar-refractivity contribution in [3.63, 3.8) is 0 Å². The van der Waals surface area contributed by atoms with Crippen LogP contribution in [0, 0.1) is 10.4 Å². The number of nitrogens with one attached hydrogen (secondary N) is 2. The van der Waals surface area contributed by atoms with E-state index >= 15 is 0 Å². The lowest BCUT2D eigenvalue weighted by atomic mass is 10.1. The first-order chi connectivity index (χ1) is 9.67. The molecule has 0 aliphatic carbocycles. The number of hydrogen-bond donors (Lipinski definition) is 2. The molecule has 0 spiro atoms. The molecule has 0 radical (unpaired) electrons. The molecule has 2 aromatic rings. The molecule has 2 aromatic heterocycles. The van der Waals surface area contributed by atoms with Gasteiger partial charge in [-0.2, -0.15) is 0 Å². The van der Waals surface area contributed by atoms with Crippen molar-refractivity contribution in [3.8, 4) is 0 Å².